The number of amides is 1. The molecule has 4 rings (SSSR count). The number of para-hydroxylation sites is 2. The first kappa shape index (κ1) is 19.3. The third-order valence-corrected chi connectivity index (χ3v) is 5.42. The number of thioether (sulfide) groups is 1. The van der Waals surface area contributed by atoms with E-state index in [1.54, 1.807) is 11.9 Å². The van der Waals surface area contributed by atoms with E-state index >= 15 is 0 Å². The van der Waals surface area contributed by atoms with Crippen molar-refractivity contribution in [3.63, 3.8) is 0 Å². The zero-order chi connectivity index (χ0) is 20.2. The SMILES string of the molecule is Cc1ccc(-c2nc(SCC(=O)N(C)C[C@H]3COc4ccccc4O3)n[nH]2)cc1. The summed E-state index contributed by atoms with van der Waals surface area (Å²) in [6.07, 6.45) is -0.194. The summed E-state index contributed by atoms with van der Waals surface area (Å²) in [6.45, 7) is 2.91. The minimum atomic E-state index is -0.194. The first-order valence-corrected chi connectivity index (χ1v) is 10.3. The van der Waals surface area contributed by atoms with E-state index in [4.69, 9.17) is 9.47 Å². The molecule has 3 aromatic rings. The van der Waals surface area contributed by atoms with Crippen LogP contribution >= 0.6 is 11.8 Å². The van der Waals surface area contributed by atoms with E-state index in [-0.39, 0.29) is 17.8 Å². The van der Waals surface area contributed by atoms with Gasteiger partial charge < -0.3 is 14.4 Å². The summed E-state index contributed by atoms with van der Waals surface area (Å²) in [5.74, 6) is 2.38. The van der Waals surface area contributed by atoms with Gasteiger partial charge in [0, 0.05) is 12.6 Å². The molecule has 2 heterocycles. The Labute approximate surface area is 173 Å². The number of likely N-dealkylation sites (N-methyl/N-ethyl adjacent to an activating group) is 1. The van der Waals surface area contributed by atoms with Crippen LogP contribution < -0.4 is 9.47 Å². The number of benzene rings is 2. The van der Waals surface area contributed by atoms with Crippen molar-refractivity contribution in [3.8, 4) is 22.9 Å². The molecule has 0 fully saturated rings. The van der Waals surface area contributed by atoms with E-state index in [0.29, 0.717) is 29.9 Å². The highest BCUT2D eigenvalue weighted by Gasteiger charge is 2.24. The maximum absolute atomic E-state index is 12.5. The molecule has 0 aliphatic carbocycles. The Hall–Kier alpha value is -3.00. The maximum atomic E-state index is 12.5. The van der Waals surface area contributed by atoms with Crippen LogP contribution in [-0.2, 0) is 4.79 Å². The van der Waals surface area contributed by atoms with Crippen molar-refractivity contribution in [3.05, 3.63) is 54.1 Å². The van der Waals surface area contributed by atoms with Gasteiger partial charge in [-0.1, -0.05) is 53.7 Å². The van der Waals surface area contributed by atoms with Crippen LogP contribution in [0.2, 0.25) is 0 Å². The molecular weight excluding hydrogens is 388 g/mol. The molecule has 0 bridgehead atoms. The monoisotopic (exact) mass is 410 g/mol. The van der Waals surface area contributed by atoms with Crippen LogP contribution in [0.4, 0.5) is 0 Å². The normalized spacial score (nSPS) is 15.2. The van der Waals surface area contributed by atoms with Gasteiger partial charge in [-0.3, -0.25) is 9.89 Å². The molecule has 29 heavy (non-hydrogen) atoms. The number of fused-ring (bicyclic) bond motifs is 1. The summed E-state index contributed by atoms with van der Waals surface area (Å²) < 4.78 is 11.6. The van der Waals surface area contributed by atoms with Crippen LogP contribution in [0.25, 0.3) is 11.4 Å². The minimum absolute atomic E-state index is 0.0147. The number of nitrogens with zero attached hydrogens (tertiary/aromatic N) is 3. The highest BCUT2D eigenvalue weighted by Crippen LogP contribution is 2.31. The van der Waals surface area contributed by atoms with Gasteiger partial charge in [-0.2, -0.15) is 0 Å². The Morgan fingerprint density at radius 2 is 1.97 bits per heavy atom. The van der Waals surface area contributed by atoms with Gasteiger partial charge in [0.25, 0.3) is 0 Å². The molecule has 0 spiro atoms. The Balaban J connectivity index is 1.28. The lowest BCUT2D eigenvalue weighted by Gasteiger charge is -2.29. The predicted octanol–water partition coefficient (Wildman–Crippen LogP) is 3.17. The predicted molar refractivity (Wildman–Crippen MR) is 111 cm³/mol. The molecule has 0 unspecified atom stereocenters. The van der Waals surface area contributed by atoms with Crippen molar-refractivity contribution >= 4 is 17.7 Å². The fourth-order valence-electron chi connectivity index (χ4n) is 2.95. The summed E-state index contributed by atoms with van der Waals surface area (Å²) in [5.41, 5.74) is 2.15. The number of hydrogen-bond donors (Lipinski definition) is 1. The lowest BCUT2D eigenvalue weighted by molar-refractivity contribution is -0.128. The smallest absolute Gasteiger partial charge is 0.232 e. The van der Waals surface area contributed by atoms with Gasteiger partial charge in [-0.25, -0.2) is 4.98 Å². The highest BCUT2D eigenvalue weighted by atomic mass is 32.2. The molecule has 1 aliphatic heterocycles. The molecule has 1 amide bonds. The number of rotatable bonds is 6. The summed E-state index contributed by atoms with van der Waals surface area (Å²) in [4.78, 5) is 18.6. The molecule has 1 aliphatic rings. The van der Waals surface area contributed by atoms with E-state index in [1.807, 2.05) is 55.5 Å². The van der Waals surface area contributed by atoms with Gasteiger partial charge in [0.05, 0.1) is 12.3 Å². The molecule has 7 nitrogen and oxygen atoms in total. The van der Waals surface area contributed by atoms with Crippen molar-refractivity contribution < 1.29 is 14.3 Å². The number of nitrogens with one attached hydrogen (secondary N) is 1. The van der Waals surface area contributed by atoms with Crippen molar-refractivity contribution in [2.45, 2.75) is 18.2 Å². The zero-order valence-electron chi connectivity index (χ0n) is 16.3. The average Bonchev–Trinajstić information content (AvgIpc) is 3.21. The van der Waals surface area contributed by atoms with Crippen LogP contribution in [0.3, 0.4) is 0 Å². The molecule has 1 aromatic heterocycles. The van der Waals surface area contributed by atoms with Gasteiger partial charge >= 0.3 is 0 Å². The molecule has 150 valence electrons. The van der Waals surface area contributed by atoms with E-state index < -0.39 is 0 Å². The average molecular weight is 410 g/mol. The Morgan fingerprint density at radius 3 is 2.76 bits per heavy atom. The second-order valence-electron chi connectivity index (χ2n) is 6.89. The Bertz CT molecular complexity index is 990. The van der Waals surface area contributed by atoms with Crippen molar-refractivity contribution in [2.24, 2.45) is 0 Å². The van der Waals surface area contributed by atoms with Gasteiger partial charge in [0.2, 0.25) is 11.1 Å². The minimum Gasteiger partial charge on any atom is -0.486 e. The number of carbonyl (C=O) groups is 1. The number of aromatic nitrogens is 3. The first-order chi connectivity index (χ1) is 14.1. The number of aryl methyl sites for hydroxylation is 1. The molecule has 0 saturated heterocycles. The molecule has 0 radical (unpaired) electrons. The van der Waals surface area contributed by atoms with Gasteiger partial charge in [-0.05, 0) is 19.1 Å². The zero-order valence-corrected chi connectivity index (χ0v) is 17.1. The van der Waals surface area contributed by atoms with Crippen molar-refractivity contribution in [1.29, 1.82) is 0 Å². The lowest BCUT2D eigenvalue weighted by atomic mass is 10.1. The summed E-state index contributed by atoms with van der Waals surface area (Å²) in [7, 11) is 1.77. The third-order valence-electron chi connectivity index (χ3n) is 4.59. The number of carbonyl (C=O) groups excluding carboxylic acids is 1. The van der Waals surface area contributed by atoms with Crippen LogP contribution in [0.15, 0.2) is 53.7 Å². The molecule has 1 atom stereocenters. The molecule has 0 saturated carbocycles. The quantitative estimate of drug-likeness (QED) is 0.629. The van der Waals surface area contributed by atoms with Gasteiger partial charge in [-0.15, -0.1) is 5.10 Å². The molecule has 2 aromatic carbocycles. The fourth-order valence-corrected chi connectivity index (χ4v) is 3.69. The number of hydrogen-bond acceptors (Lipinski definition) is 6. The second kappa shape index (κ2) is 8.57. The van der Waals surface area contributed by atoms with E-state index in [2.05, 4.69) is 15.2 Å². The standard InChI is InChI=1S/C21H22N4O3S/c1-14-7-9-15(10-8-14)20-22-21(24-23-20)29-13-19(26)25(2)11-16-12-27-17-5-3-4-6-18(17)28-16/h3-10,16H,11-13H2,1-2H3,(H,22,23,24)/t16-/m0/s1. The molecule has 1 N–H and O–H groups in total. The van der Waals surface area contributed by atoms with E-state index in [9.17, 15) is 4.79 Å². The lowest BCUT2D eigenvalue weighted by Crippen LogP contribution is -2.42. The molecular formula is C21H22N4O3S. The van der Waals surface area contributed by atoms with Gasteiger partial charge in [0.15, 0.2) is 23.4 Å². The molecule has 8 heteroatoms. The van der Waals surface area contributed by atoms with Crippen LogP contribution in [0.5, 0.6) is 11.5 Å². The van der Waals surface area contributed by atoms with E-state index in [0.717, 1.165) is 11.3 Å². The van der Waals surface area contributed by atoms with E-state index in [1.165, 1.54) is 17.3 Å². The third kappa shape index (κ3) is 4.71. The second-order valence-corrected chi connectivity index (χ2v) is 7.84. The number of ether oxygens (including phenoxy) is 2. The summed E-state index contributed by atoms with van der Waals surface area (Å²) in [5, 5.41) is 7.67. The Kier molecular flexibility index (Phi) is 5.71. The van der Waals surface area contributed by atoms with Crippen LogP contribution in [0.1, 0.15) is 5.56 Å². The van der Waals surface area contributed by atoms with Crippen molar-refractivity contribution in [2.75, 3.05) is 26.0 Å². The van der Waals surface area contributed by atoms with Crippen LogP contribution in [0, 0.1) is 6.92 Å². The largest absolute Gasteiger partial charge is 0.486 e. The van der Waals surface area contributed by atoms with Gasteiger partial charge in [0.1, 0.15) is 6.61 Å². The van der Waals surface area contributed by atoms with Crippen LogP contribution in [-0.4, -0.2) is 58.0 Å². The summed E-state index contributed by atoms with van der Waals surface area (Å²) in [6, 6.07) is 15.6. The first-order valence-electron chi connectivity index (χ1n) is 9.33. The Morgan fingerprint density at radius 1 is 1.21 bits per heavy atom. The maximum Gasteiger partial charge on any atom is 0.232 e. The number of aromatic amines is 1. The fraction of sp³-hybridized carbons (Fsp3) is 0.286. The topological polar surface area (TPSA) is 80.3 Å². The summed E-state index contributed by atoms with van der Waals surface area (Å²) >= 11 is 1.31. The van der Waals surface area contributed by atoms with Crippen molar-refractivity contribution in [1.82, 2.24) is 20.1 Å². The number of H-pyrrole nitrogens is 1. The highest BCUT2D eigenvalue weighted by molar-refractivity contribution is 7.99.